The molecule has 1 atom stereocenters. The molecular weight excluding hydrogens is 604 g/mol. The van der Waals surface area contributed by atoms with Crippen LogP contribution in [0.3, 0.4) is 0 Å². The predicted molar refractivity (Wildman–Crippen MR) is 178 cm³/mol. The Kier molecular flexibility index (Phi) is 14.0. The van der Waals surface area contributed by atoms with Gasteiger partial charge in [-0.05, 0) is 81.4 Å². The largest absolute Gasteiger partial charge is 4.00 e. The fourth-order valence-corrected chi connectivity index (χ4v) is 5.50. The quantitative estimate of drug-likeness (QED) is 0.279. The minimum Gasteiger partial charge on any atom is -0.872 e. The van der Waals surface area contributed by atoms with Gasteiger partial charge in [-0.15, -0.1) is 5.75 Å². The first-order valence-corrected chi connectivity index (χ1v) is 16.0. The van der Waals surface area contributed by atoms with Crippen molar-refractivity contribution in [3.8, 4) is 11.5 Å². The van der Waals surface area contributed by atoms with Gasteiger partial charge in [0.05, 0.1) is 6.54 Å². The summed E-state index contributed by atoms with van der Waals surface area (Å²) < 4.78 is 0. The molecule has 7 heteroatoms. The number of carbonyl (C=O) groups is 1. The maximum absolute atomic E-state index is 13.6. The molecule has 250 valence electrons. The van der Waals surface area contributed by atoms with Crippen LogP contribution < -0.4 is 15.3 Å². The van der Waals surface area contributed by atoms with Crippen LogP contribution in [0.1, 0.15) is 143 Å². The molecule has 45 heavy (non-hydrogen) atoms. The summed E-state index contributed by atoms with van der Waals surface area (Å²) in [5.41, 5.74) is 5.17. The van der Waals surface area contributed by atoms with E-state index in [0.717, 1.165) is 55.0 Å². The standard InChI is InChI=1S/C36H56N2O2.C2H4O2.Fe/c1-33(2,3)26-17-24(31(39)29(19-26)35(7,8)9)21-37-22-28-15-13-14-16-38(28)23-25-18-27(34(4,5)6)20-30(32(25)40)36(10,11)12;1-2(3)4;/h17-21,28,39-40H,13-16,22-23H2,1-12H3;1H3,(H,3,4);/q;;+4/p-3/t28-;;/m1../s1. The summed E-state index contributed by atoms with van der Waals surface area (Å²) in [4.78, 5) is 16.2. The molecule has 0 amide bonds. The van der Waals surface area contributed by atoms with Crippen LogP contribution in [0.4, 0.5) is 0 Å². The number of nitrogens with zero attached hydrogens (tertiary/aromatic N) is 2. The van der Waals surface area contributed by atoms with Crippen molar-refractivity contribution < 1.29 is 37.2 Å². The molecule has 3 rings (SSSR count). The zero-order valence-corrected chi connectivity index (χ0v) is 31.2. The van der Waals surface area contributed by atoms with Crippen molar-refractivity contribution in [1.82, 2.24) is 4.90 Å². The van der Waals surface area contributed by atoms with E-state index in [1.54, 1.807) is 6.21 Å². The molecule has 2 aromatic rings. The van der Waals surface area contributed by atoms with Crippen LogP contribution in [0.25, 0.3) is 0 Å². The fraction of sp³-hybridized carbons (Fsp3) is 0.632. The van der Waals surface area contributed by atoms with E-state index >= 15 is 0 Å². The number of hydrogen-bond donors (Lipinski definition) is 0. The molecule has 0 N–H and O–H groups in total. The Labute approximate surface area is 284 Å². The summed E-state index contributed by atoms with van der Waals surface area (Å²) in [6, 6.07) is 8.63. The Bertz CT molecular complexity index is 1320. The van der Waals surface area contributed by atoms with Crippen LogP contribution in [0, 0.1) is 0 Å². The fourth-order valence-electron chi connectivity index (χ4n) is 5.50. The van der Waals surface area contributed by atoms with E-state index in [1.807, 2.05) is 6.07 Å². The first-order chi connectivity index (χ1) is 19.9. The van der Waals surface area contributed by atoms with Gasteiger partial charge in [0, 0.05) is 24.8 Å². The van der Waals surface area contributed by atoms with Gasteiger partial charge >= 0.3 is 17.1 Å². The molecule has 1 saturated heterocycles. The maximum Gasteiger partial charge on any atom is 4.00 e. The SMILES string of the molecule is CC(=O)[O-].CC(C)(C)c1cc(C=NC[C@H]2CCCCN2Cc2cc(C(C)(C)C)cc(C(C)(C)C)c2[O-])c([O-])c(C(C)(C)C)c1.[Fe+4]. The number of carbonyl (C=O) groups excluding carboxylic acids is 1. The van der Waals surface area contributed by atoms with Crippen molar-refractivity contribution in [1.29, 1.82) is 0 Å². The smallest absolute Gasteiger partial charge is 0.872 e. The van der Waals surface area contributed by atoms with E-state index in [-0.39, 0.29) is 56.3 Å². The summed E-state index contributed by atoms with van der Waals surface area (Å²) in [6.45, 7) is 29.1. The van der Waals surface area contributed by atoms with Crippen molar-refractivity contribution in [3.63, 3.8) is 0 Å². The molecular formula is C38H57FeN2O4+. The summed E-state index contributed by atoms with van der Waals surface area (Å²) in [6.07, 6.45) is 5.15. The van der Waals surface area contributed by atoms with E-state index in [1.165, 1.54) is 5.56 Å². The van der Waals surface area contributed by atoms with Gasteiger partial charge in [0.15, 0.2) is 0 Å². The van der Waals surface area contributed by atoms with Crippen LogP contribution in [0.15, 0.2) is 29.3 Å². The molecule has 2 aromatic carbocycles. The van der Waals surface area contributed by atoms with Crippen molar-refractivity contribution in [2.24, 2.45) is 4.99 Å². The van der Waals surface area contributed by atoms with E-state index < -0.39 is 5.97 Å². The predicted octanol–water partition coefficient (Wildman–Crippen LogP) is 6.25. The van der Waals surface area contributed by atoms with E-state index in [4.69, 9.17) is 14.9 Å². The molecule has 0 aromatic heterocycles. The second kappa shape index (κ2) is 15.5. The molecule has 0 bridgehead atoms. The molecule has 0 spiro atoms. The number of carboxylic acid groups (broad SMARTS) is 1. The summed E-state index contributed by atoms with van der Waals surface area (Å²) in [5.74, 6) is -0.826. The van der Waals surface area contributed by atoms with Crippen molar-refractivity contribution in [3.05, 3.63) is 57.6 Å². The van der Waals surface area contributed by atoms with Crippen molar-refractivity contribution in [2.45, 2.75) is 144 Å². The van der Waals surface area contributed by atoms with Crippen molar-refractivity contribution in [2.75, 3.05) is 13.1 Å². The topological polar surface area (TPSA) is 102 Å². The number of aliphatic carboxylic acids is 1. The Morgan fingerprint density at radius 3 is 1.73 bits per heavy atom. The zero-order valence-electron chi connectivity index (χ0n) is 30.1. The van der Waals surface area contributed by atoms with Gasteiger partial charge in [0.25, 0.3) is 0 Å². The Balaban J connectivity index is 0.00000191. The number of aliphatic imine (C=N–C) groups is 1. The molecule has 0 aliphatic carbocycles. The van der Waals surface area contributed by atoms with E-state index in [9.17, 15) is 10.2 Å². The average molecular weight is 662 g/mol. The number of carboxylic acids is 1. The van der Waals surface area contributed by atoms with Gasteiger partial charge in [-0.2, -0.15) is 0 Å². The van der Waals surface area contributed by atoms with Gasteiger partial charge < -0.3 is 20.1 Å². The van der Waals surface area contributed by atoms with Crippen LogP contribution in [0.5, 0.6) is 11.5 Å². The molecule has 1 aliphatic rings. The maximum atomic E-state index is 13.6. The number of likely N-dealkylation sites (tertiary alicyclic amines) is 1. The number of rotatable bonds is 5. The Hall–Kier alpha value is -2.34. The van der Waals surface area contributed by atoms with Gasteiger partial charge in [0.1, 0.15) is 0 Å². The van der Waals surface area contributed by atoms with Crippen LogP contribution in [-0.4, -0.2) is 36.2 Å². The normalized spacial score (nSPS) is 16.6. The first-order valence-electron chi connectivity index (χ1n) is 16.0. The van der Waals surface area contributed by atoms with Crippen molar-refractivity contribution >= 4 is 12.2 Å². The molecule has 0 radical (unpaired) electrons. The number of hydrogen-bond acceptors (Lipinski definition) is 6. The van der Waals surface area contributed by atoms with Gasteiger partial charge in [0.2, 0.25) is 0 Å². The molecule has 6 nitrogen and oxygen atoms in total. The minimum atomic E-state index is -1.08. The monoisotopic (exact) mass is 661 g/mol. The average Bonchev–Trinajstić information content (AvgIpc) is 2.84. The molecule has 1 fully saturated rings. The summed E-state index contributed by atoms with van der Waals surface area (Å²) >= 11 is 0. The Morgan fingerprint density at radius 2 is 1.27 bits per heavy atom. The van der Waals surface area contributed by atoms with Gasteiger partial charge in [-0.1, -0.05) is 120 Å². The van der Waals surface area contributed by atoms with Crippen LogP contribution >= 0.6 is 0 Å². The van der Waals surface area contributed by atoms with E-state index in [0.29, 0.717) is 18.7 Å². The third kappa shape index (κ3) is 11.8. The first kappa shape index (κ1) is 40.7. The van der Waals surface area contributed by atoms with Gasteiger partial charge in [-0.25, -0.2) is 0 Å². The third-order valence-electron chi connectivity index (χ3n) is 8.30. The number of piperidine rings is 1. The molecule has 1 heterocycles. The van der Waals surface area contributed by atoms with Crippen LogP contribution in [-0.2, 0) is 50.1 Å². The summed E-state index contributed by atoms with van der Waals surface area (Å²) in [5, 5.41) is 35.9. The number of benzene rings is 2. The molecule has 0 unspecified atom stereocenters. The van der Waals surface area contributed by atoms with E-state index in [2.05, 4.69) is 106 Å². The van der Waals surface area contributed by atoms with Gasteiger partial charge in [-0.3, -0.25) is 9.89 Å². The molecule has 1 aliphatic heterocycles. The second-order valence-corrected chi connectivity index (χ2v) is 16.6. The minimum absolute atomic E-state index is 0. The Morgan fingerprint density at radius 1 is 0.800 bits per heavy atom. The van der Waals surface area contributed by atoms with Crippen LogP contribution in [0.2, 0.25) is 0 Å². The molecule has 0 saturated carbocycles. The summed E-state index contributed by atoms with van der Waals surface area (Å²) in [7, 11) is 0. The second-order valence-electron chi connectivity index (χ2n) is 16.6. The third-order valence-corrected chi connectivity index (χ3v) is 8.30. The zero-order chi connectivity index (χ0) is 33.8.